The standard InChI is InChI=1S/C20H23N3O2/c1-14(2)12-17(22-19(24)16-7-5-10-21-13-16)20(25)23-11-9-15-6-3-4-8-18(15)23/h3-8,10,13-14,17H,9,11-12H2,1-2H3,(H,22,24)/t17-/m0/s1. The molecule has 0 radical (unpaired) electrons. The Labute approximate surface area is 148 Å². The Morgan fingerprint density at radius 3 is 2.72 bits per heavy atom. The first-order valence-corrected chi connectivity index (χ1v) is 8.66. The number of nitrogens with zero attached hydrogens (tertiary/aromatic N) is 2. The smallest absolute Gasteiger partial charge is 0.253 e. The molecule has 3 rings (SSSR count). The highest BCUT2D eigenvalue weighted by Crippen LogP contribution is 2.28. The lowest BCUT2D eigenvalue weighted by atomic mass is 10.0. The first-order chi connectivity index (χ1) is 12.1. The van der Waals surface area contributed by atoms with Gasteiger partial charge in [-0.3, -0.25) is 14.6 Å². The summed E-state index contributed by atoms with van der Waals surface area (Å²) < 4.78 is 0. The van der Waals surface area contributed by atoms with Crippen molar-refractivity contribution >= 4 is 17.5 Å². The zero-order valence-electron chi connectivity index (χ0n) is 14.6. The number of amides is 2. The number of carbonyl (C=O) groups excluding carboxylic acids is 2. The molecule has 0 spiro atoms. The molecular formula is C20H23N3O2. The number of nitrogens with one attached hydrogen (secondary N) is 1. The lowest BCUT2D eigenvalue weighted by Crippen LogP contribution is -2.49. The largest absolute Gasteiger partial charge is 0.340 e. The molecule has 0 saturated carbocycles. The van der Waals surface area contributed by atoms with Crippen LogP contribution in [0.25, 0.3) is 0 Å². The Morgan fingerprint density at radius 2 is 2.00 bits per heavy atom. The van der Waals surface area contributed by atoms with Crippen LogP contribution in [0.5, 0.6) is 0 Å². The van der Waals surface area contributed by atoms with Gasteiger partial charge in [0, 0.05) is 24.6 Å². The molecule has 0 unspecified atom stereocenters. The van der Waals surface area contributed by atoms with E-state index in [4.69, 9.17) is 0 Å². The molecule has 1 N–H and O–H groups in total. The Kier molecular flexibility index (Phi) is 5.12. The third-order valence-electron chi connectivity index (χ3n) is 4.39. The van der Waals surface area contributed by atoms with E-state index in [0.717, 1.165) is 12.1 Å². The fourth-order valence-corrected chi connectivity index (χ4v) is 3.19. The van der Waals surface area contributed by atoms with Crippen molar-refractivity contribution < 1.29 is 9.59 Å². The molecule has 0 fully saturated rings. The van der Waals surface area contributed by atoms with Crippen molar-refractivity contribution in [3.8, 4) is 0 Å². The molecular weight excluding hydrogens is 314 g/mol. The predicted molar refractivity (Wildman–Crippen MR) is 97.4 cm³/mol. The Hall–Kier alpha value is -2.69. The average Bonchev–Trinajstić information content (AvgIpc) is 3.05. The van der Waals surface area contributed by atoms with Crippen LogP contribution < -0.4 is 10.2 Å². The van der Waals surface area contributed by atoms with Crippen molar-refractivity contribution in [3.05, 3.63) is 59.9 Å². The zero-order chi connectivity index (χ0) is 17.8. The van der Waals surface area contributed by atoms with Crippen molar-refractivity contribution in [2.75, 3.05) is 11.4 Å². The van der Waals surface area contributed by atoms with Gasteiger partial charge in [0.1, 0.15) is 6.04 Å². The molecule has 2 amide bonds. The molecule has 2 aromatic rings. The van der Waals surface area contributed by atoms with Crippen LogP contribution in [0, 0.1) is 5.92 Å². The van der Waals surface area contributed by atoms with Crippen LogP contribution in [-0.2, 0) is 11.2 Å². The monoisotopic (exact) mass is 337 g/mol. The molecule has 0 bridgehead atoms. The summed E-state index contributed by atoms with van der Waals surface area (Å²) in [5.74, 6) is -0.0172. The number of hydrogen-bond donors (Lipinski definition) is 1. The van der Waals surface area contributed by atoms with Gasteiger partial charge in [0.2, 0.25) is 5.91 Å². The molecule has 0 saturated heterocycles. The van der Waals surface area contributed by atoms with Crippen LogP contribution in [0.2, 0.25) is 0 Å². The number of anilines is 1. The zero-order valence-corrected chi connectivity index (χ0v) is 14.6. The molecule has 0 aliphatic carbocycles. The summed E-state index contributed by atoms with van der Waals surface area (Å²) >= 11 is 0. The molecule has 1 atom stereocenters. The Bertz CT molecular complexity index is 759. The molecule has 130 valence electrons. The van der Waals surface area contributed by atoms with Crippen LogP contribution in [0.3, 0.4) is 0 Å². The number of rotatable bonds is 5. The van der Waals surface area contributed by atoms with Crippen LogP contribution in [0.4, 0.5) is 5.69 Å². The SMILES string of the molecule is CC(C)C[C@H](NC(=O)c1cccnc1)C(=O)N1CCc2ccccc21. The third-order valence-corrected chi connectivity index (χ3v) is 4.39. The number of carbonyl (C=O) groups is 2. The van der Waals surface area contributed by atoms with Crippen molar-refractivity contribution in [2.24, 2.45) is 5.92 Å². The minimum absolute atomic E-state index is 0.0455. The molecule has 25 heavy (non-hydrogen) atoms. The van der Waals surface area contributed by atoms with E-state index in [9.17, 15) is 9.59 Å². The number of hydrogen-bond acceptors (Lipinski definition) is 3. The molecule has 5 heteroatoms. The van der Waals surface area contributed by atoms with E-state index in [1.807, 2.05) is 24.3 Å². The summed E-state index contributed by atoms with van der Waals surface area (Å²) in [4.78, 5) is 31.4. The molecule has 1 aliphatic heterocycles. The minimum Gasteiger partial charge on any atom is -0.340 e. The summed E-state index contributed by atoms with van der Waals surface area (Å²) in [5, 5.41) is 2.90. The van der Waals surface area contributed by atoms with Gasteiger partial charge in [-0.2, -0.15) is 0 Å². The highest BCUT2D eigenvalue weighted by molar-refractivity contribution is 6.03. The first kappa shape index (κ1) is 17.1. The quantitative estimate of drug-likeness (QED) is 0.912. The number of para-hydroxylation sites is 1. The van der Waals surface area contributed by atoms with Crippen LogP contribution >= 0.6 is 0 Å². The summed E-state index contributed by atoms with van der Waals surface area (Å²) in [5.41, 5.74) is 2.60. The van der Waals surface area contributed by atoms with Gasteiger partial charge in [0.15, 0.2) is 0 Å². The fourth-order valence-electron chi connectivity index (χ4n) is 3.19. The second kappa shape index (κ2) is 7.47. The maximum Gasteiger partial charge on any atom is 0.253 e. The normalized spacial score (nSPS) is 14.3. The van der Waals surface area contributed by atoms with Crippen molar-refractivity contribution in [1.82, 2.24) is 10.3 Å². The third kappa shape index (κ3) is 3.87. The van der Waals surface area contributed by atoms with Gasteiger partial charge < -0.3 is 10.2 Å². The molecule has 2 heterocycles. The molecule has 1 aromatic heterocycles. The number of fused-ring (bicyclic) bond motifs is 1. The summed E-state index contributed by atoms with van der Waals surface area (Å²) in [7, 11) is 0. The molecule has 1 aromatic carbocycles. The Balaban J connectivity index is 1.79. The van der Waals surface area contributed by atoms with E-state index in [1.165, 1.54) is 11.8 Å². The van der Waals surface area contributed by atoms with E-state index in [2.05, 4.69) is 24.1 Å². The minimum atomic E-state index is -0.543. The predicted octanol–water partition coefficient (Wildman–Crippen LogP) is 2.82. The second-order valence-corrected chi connectivity index (χ2v) is 6.77. The van der Waals surface area contributed by atoms with Crippen molar-refractivity contribution in [2.45, 2.75) is 32.7 Å². The summed E-state index contributed by atoms with van der Waals surface area (Å²) in [6.07, 6.45) is 4.59. The Morgan fingerprint density at radius 1 is 1.20 bits per heavy atom. The molecule has 5 nitrogen and oxygen atoms in total. The highest BCUT2D eigenvalue weighted by Gasteiger charge is 2.31. The number of aromatic nitrogens is 1. The van der Waals surface area contributed by atoms with Gasteiger partial charge in [-0.25, -0.2) is 0 Å². The van der Waals surface area contributed by atoms with Gasteiger partial charge in [-0.15, -0.1) is 0 Å². The van der Waals surface area contributed by atoms with E-state index < -0.39 is 6.04 Å². The first-order valence-electron chi connectivity index (χ1n) is 8.66. The van der Waals surface area contributed by atoms with E-state index in [-0.39, 0.29) is 11.8 Å². The highest BCUT2D eigenvalue weighted by atomic mass is 16.2. The van der Waals surface area contributed by atoms with Gasteiger partial charge in [0.25, 0.3) is 5.91 Å². The van der Waals surface area contributed by atoms with Gasteiger partial charge in [0.05, 0.1) is 5.56 Å². The lowest BCUT2D eigenvalue weighted by molar-refractivity contribution is -0.120. The van der Waals surface area contributed by atoms with Crippen molar-refractivity contribution in [1.29, 1.82) is 0 Å². The molecule has 1 aliphatic rings. The van der Waals surface area contributed by atoms with Crippen LogP contribution in [-0.4, -0.2) is 29.4 Å². The van der Waals surface area contributed by atoms with E-state index in [1.54, 1.807) is 23.2 Å². The summed E-state index contributed by atoms with van der Waals surface area (Å²) in [6.45, 7) is 4.76. The maximum atomic E-state index is 13.1. The van der Waals surface area contributed by atoms with Gasteiger partial charge in [-0.05, 0) is 42.5 Å². The second-order valence-electron chi connectivity index (χ2n) is 6.77. The van der Waals surface area contributed by atoms with Crippen molar-refractivity contribution in [3.63, 3.8) is 0 Å². The average molecular weight is 337 g/mol. The van der Waals surface area contributed by atoms with E-state index >= 15 is 0 Å². The fraction of sp³-hybridized carbons (Fsp3) is 0.350. The van der Waals surface area contributed by atoms with Crippen LogP contribution in [0.15, 0.2) is 48.8 Å². The van der Waals surface area contributed by atoms with Gasteiger partial charge in [-0.1, -0.05) is 32.0 Å². The van der Waals surface area contributed by atoms with Crippen LogP contribution in [0.1, 0.15) is 36.2 Å². The maximum absolute atomic E-state index is 13.1. The topological polar surface area (TPSA) is 62.3 Å². The van der Waals surface area contributed by atoms with Gasteiger partial charge >= 0.3 is 0 Å². The number of pyridine rings is 1. The summed E-state index contributed by atoms with van der Waals surface area (Å²) in [6, 6.07) is 10.8. The van der Waals surface area contributed by atoms with E-state index in [0.29, 0.717) is 24.4 Å². The number of benzene rings is 1. The lowest BCUT2D eigenvalue weighted by Gasteiger charge is -2.26.